The fraction of sp³-hybridized carbons (Fsp3) is 0.381. The number of hydrogen-bond acceptors (Lipinski definition) is 2. The normalized spacial score (nSPS) is 18.9. The molecule has 1 saturated heterocycles. The standard InChI is InChI=1S/C21H23Cl3N2O/c1-14(15-7-9-17(22)10-8-15)25-21(27)16-4-3-11-26(12-16)13-18-19(23)5-2-6-20(18)24/h2,5-10,14,16H,3-4,11-13H2,1H3,(H,25,27)/t14-,16+/m1/s1. The molecule has 0 aliphatic carbocycles. The minimum atomic E-state index is -0.0526. The number of nitrogens with zero attached hydrogens (tertiary/aromatic N) is 1. The zero-order chi connectivity index (χ0) is 19.4. The van der Waals surface area contributed by atoms with Crippen molar-refractivity contribution < 1.29 is 4.79 Å². The first-order valence-electron chi connectivity index (χ1n) is 9.15. The van der Waals surface area contributed by atoms with Crippen LogP contribution in [-0.4, -0.2) is 23.9 Å². The molecule has 2 aromatic carbocycles. The number of piperidine rings is 1. The van der Waals surface area contributed by atoms with E-state index in [0.29, 0.717) is 28.2 Å². The predicted octanol–water partition coefficient (Wildman–Crippen LogP) is 5.74. The van der Waals surface area contributed by atoms with Gasteiger partial charge in [0.1, 0.15) is 0 Å². The highest BCUT2D eigenvalue weighted by Gasteiger charge is 2.27. The Balaban J connectivity index is 1.60. The number of hydrogen-bond donors (Lipinski definition) is 1. The van der Waals surface area contributed by atoms with Crippen molar-refractivity contribution in [3.8, 4) is 0 Å². The van der Waals surface area contributed by atoms with Crippen molar-refractivity contribution in [3.05, 3.63) is 68.7 Å². The van der Waals surface area contributed by atoms with Gasteiger partial charge in [0.15, 0.2) is 0 Å². The van der Waals surface area contributed by atoms with Gasteiger partial charge in [0.05, 0.1) is 12.0 Å². The lowest BCUT2D eigenvalue weighted by Crippen LogP contribution is -2.43. The Morgan fingerprint density at radius 1 is 1.15 bits per heavy atom. The van der Waals surface area contributed by atoms with Crippen LogP contribution in [0.5, 0.6) is 0 Å². The summed E-state index contributed by atoms with van der Waals surface area (Å²) in [5.74, 6) is 0.0576. The van der Waals surface area contributed by atoms with Crippen LogP contribution in [0.2, 0.25) is 15.1 Å². The second-order valence-electron chi connectivity index (χ2n) is 7.06. The molecule has 3 rings (SSSR count). The molecule has 0 bridgehead atoms. The van der Waals surface area contributed by atoms with Crippen molar-refractivity contribution in [2.24, 2.45) is 5.92 Å². The van der Waals surface area contributed by atoms with Gasteiger partial charge in [0.25, 0.3) is 0 Å². The summed E-state index contributed by atoms with van der Waals surface area (Å²) in [6, 6.07) is 13.1. The summed E-state index contributed by atoms with van der Waals surface area (Å²) in [4.78, 5) is 15.0. The fourth-order valence-electron chi connectivity index (χ4n) is 3.49. The van der Waals surface area contributed by atoms with Crippen molar-refractivity contribution in [1.82, 2.24) is 10.2 Å². The van der Waals surface area contributed by atoms with Crippen LogP contribution in [0.25, 0.3) is 0 Å². The summed E-state index contributed by atoms with van der Waals surface area (Å²) in [7, 11) is 0. The number of carbonyl (C=O) groups is 1. The Kier molecular flexibility index (Phi) is 7.04. The Labute approximate surface area is 175 Å². The van der Waals surface area contributed by atoms with E-state index in [2.05, 4.69) is 10.2 Å². The number of nitrogens with one attached hydrogen (secondary N) is 1. The van der Waals surface area contributed by atoms with Crippen molar-refractivity contribution in [1.29, 1.82) is 0 Å². The van der Waals surface area contributed by atoms with Crippen molar-refractivity contribution >= 4 is 40.7 Å². The van der Waals surface area contributed by atoms with Gasteiger partial charge in [-0.05, 0) is 56.1 Å². The molecule has 2 aromatic rings. The molecule has 2 atom stereocenters. The first-order chi connectivity index (χ1) is 12.9. The van der Waals surface area contributed by atoms with Crippen LogP contribution in [0.4, 0.5) is 0 Å². The number of amides is 1. The number of benzene rings is 2. The van der Waals surface area contributed by atoms with Gasteiger partial charge < -0.3 is 5.32 Å². The molecule has 1 amide bonds. The van der Waals surface area contributed by atoms with Gasteiger partial charge in [-0.25, -0.2) is 0 Å². The fourth-order valence-corrected chi connectivity index (χ4v) is 4.13. The number of likely N-dealkylation sites (tertiary alicyclic amines) is 1. The maximum Gasteiger partial charge on any atom is 0.224 e. The first kappa shape index (κ1) is 20.5. The molecular formula is C21H23Cl3N2O. The monoisotopic (exact) mass is 424 g/mol. The van der Waals surface area contributed by atoms with E-state index in [0.717, 1.165) is 30.5 Å². The Morgan fingerprint density at radius 3 is 2.48 bits per heavy atom. The molecule has 1 heterocycles. The molecular weight excluding hydrogens is 403 g/mol. The second kappa shape index (κ2) is 9.29. The van der Waals surface area contributed by atoms with E-state index in [1.165, 1.54) is 0 Å². The molecule has 1 fully saturated rings. The second-order valence-corrected chi connectivity index (χ2v) is 8.31. The number of halogens is 3. The summed E-state index contributed by atoms with van der Waals surface area (Å²) in [5, 5.41) is 5.17. The molecule has 0 aromatic heterocycles. The average Bonchev–Trinajstić information content (AvgIpc) is 2.65. The van der Waals surface area contributed by atoms with E-state index < -0.39 is 0 Å². The van der Waals surface area contributed by atoms with Crippen LogP contribution in [0.3, 0.4) is 0 Å². The van der Waals surface area contributed by atoms with Crippen molar-refractivity contribution in [3.63, 3.8) is 0 Å². The van der Waals surface area contributed by atoms with Crippen LogP contribution in [0, 0.1) is 5.92 Å². The molecule has 0 saturated carbocycles. The minimum absolute atomic E-state index is 0.0326. The average molecular weight is 426 g/mol. The van der Waals surface area contributed by atoms with E-state index in [4.69, 9.17) is 34.8 Å². The van der Waals surface area contributed by atoms with E-state index in [-0.39, 0.29) is 17.9 Å². The molecule has 1 aliphatic heterocycles. The van der Waals surface area contributed by atoms with Gasteiger partial charge in [0, 0.05) is 33.7 Å². The molecule has 1 aliphatic rings. The summed E-state index contributed by atoms with van der Waals surface area (Å²) < 4.78 is 0. The molecule has 0 radical (unpaired) electrons. The maximum absolute atomic E-state index is 12.8. The number of rotatable bonds is 5. The third-order valence-corrected chi connectivity index (χ3v) is 6.01. The highest BCUT2D eigenvalue weighted by Crippen LogP contribution is 2.28. The Hall–Kier alpha value is -1.26. The van der Waals surface area contributed by atoms with Gasteiger partial charge in [-0.1, -0.05) is 53.0 Å². The van der Waals surface area contributed by atoms with Gasteiger partial charge in [0.2, 0.25) is 5.91 Å². The highest BCUT2D eigenvalue weighted by molar-refractivity contribution is 6.36. The summed E-state index contributed by atoms with van der Waals surface area (Å²) in [5.41, 5.74) is 1.97. The molecule has 1 N–H and O–H groups in total. The molecule has 27 heavy (non-hydrogen) atoms. The van der Waals surface area contributed by atoms with Crippen molar-refractivity contribution in [2.45, 2.75) is 32.4 Å². The van der Waals surface area contributed by atoms with Crippen molar-refractivity contribution in [2.75, 3.05) is 13.1 Å². The molecule has 144 valence electrons. The van der Waals surface area contributed by atoms with Crippen LogP contribution in [0.15, 0.2) is 42.5 Å². The summed E-state index contributed by atoms with van der Waals surface area (Å²) in [6.45, 7) is 4.30. The lowest BCUT2D eigenvalue weighted by Gasteiger charge is -2.33. The maximum atomic E-state index is 12.8. The van der Waals surface area contributed by atoms with Crippen LogP contribution in [-0.2, 0) is 11.3 Å². The number of carbonyl (C=O) groups excluding carboxylic acids is 1. The lowest BCUT2D eigenvalue weighted by atomic mass is 9.96. The van der Waals surface area contributed by atoms with Crippen LogP contribution < -0.4 is 5.32 Å². The lowest BCUT2D eigenvalue weighted by molar-refractivity contribution is -0.127. The van der Waals surface area contributed by atoms with Crippen LogP contribution in [0.1, 0.15) is 36.9 Å². The van der Waals surface area contributed by atoms with E-state index >= 15 is 0 Å². The van der Waals surface area contributed by atoms with Gasteiger partial charge in [-0.3, -0.25) is 9.69 Å². The molecule has 0 unspecified atom stereocenters. The van der Waals surface area contributed by atoms with E-state index in [9.17, 15) is 4.79 Å². The van der Waals surface area contributed by atoms with Gasteiger partial charge >= 0.3 is 0 Å². The largest absolute Gasteiger partial charge is 0.349 e. The molecule has 3 nitrogen and oxygen atoms in total. The Morgan fingerprint density at radius 2 is 1.81 bits per heavy atom. The zero-order valence-corrected chi connectivity index (χ0v) is 17.5. The zero-order valence-electron chi connectivity index (χ0n) is 15.2. The van der Waals surface area contributed by atoms with Gasteiger partial charge in [-0.2, -0.15) is 0 Å². The quantitative estimate of drug-likeness (QED) is 0.663. The summed E-state index contributed by atoms with van der Waals surface area (Å²) in [6.07, 6.45) is 1.88. The van der Waals surface area contributed by atoms with Gasteiger partial charge in [-0.15, -0.1) is 0 Å². The van der Waals surface area contributed by atoms with Crippen LogP contribution >= 0.6 is 34.8 Å². The predicted molar refractivity (Wildman–Crippen MR) is 112 cm³/mol. The SMILES string of the molecule is C[C@@H](NC(=O)[C@H]1CCCN(Cc2c(Cl)cccc2Cl)C1)c1ccc(Cl)cc1. The minimum Gasteiger partial charge on any atom is -0.349 e. The smallest absolute Gasteiger partial charge is 0.224 e. The Bertz CT molecular complexity index is 774. The topological polar surface area (TPSA) is 32.3 Å². The third kappa shape index (κ3) is 5.39. The van der Waals surface area contributed by atoms with E-state index in [1.807, 2.05) is 49.4 Å². The highest BCUT2D eigenvalue weighted by atomic mass is 35.5. The first-order valence-corrected chi connectivity index (χ1v) is 10.3. The summed E-state index contributed by atoms with van der Waals surface area (Å²) >= 11 is 18.5. The van der Waals surface area contributed by atoms with E-state index in [1.54, 1.807) is 0 Å². The third-order valence-electron chi connectivity index (χ3n) is 5.05. The molecule has 6 heteroatoms. The molecule has 0 spiro atoms.